The minimum absolute atomic E-state index is 0.0496. The van der Waals surface area contributed by atoms with Crippen LogP contribution in [0.4, 0.5) is 0 Å². The van der Waals surface area contributed by atoms with Crippen LogP contribution in [0.2, 0.25) is 5.02 Å². The second-order valence-corrected chi connectivity index (χ2v) is 8.40. The summed E-state index contributed by atoms with van der Waals surface area (Å²) in [6, 6.07) is 13.6. The maximum Gasteiger partial charge on any atom is 0.244 e. The van der Waals surface area contributed by atoms with Gasteiger partial charge in [0.05, 0.1) is 17.1 Å². The van der Waals surface area contributed by atoms with Gasteiger partial charge in [-0.15, -0.1) is 0 Å². The Morgan fingerprint density at radius 2 is 1.96 bits per heavy atom. The summed E-state index contributed by atoms with van der Waals surface area (Å²) >= 11 is 6.02. The Hall–Kier alpha value is -2.27. The predicted octanol–water partition coefficient (Wildman–Crippen LogP) is 3.45. The Balaban J connectivity index is 1.88. The number of hydrogen-bond acceptors (Lipinski definition) is 5. The molecule has 1 unspecified atom stereocenters. The highest BCUT2D eigenvalue weighted by Crippen LogP contribution is 2.32. The van der Waals surface area contributed by atoms with E-state index in [1.807, 2.05) is 25.1 Å². The summed E-state index contributed by atoms with van der Waals surface area (Å²) in [5.74, 6) is 1.23. The highest BCUT2D eigenvalue weighted by atomic mass is 35.5. The highest BCUT2D eigenvalue weighted by Gasteiger charge is 2.32. The first kappa shape index (κ1) is 19.5. The van der Waals surface area contributed by atoms with Crippen LogP contribution in [0.15, 0.2) is 47.4 Å². The van der Waals surface area contributed by atoms with E-state index in [2.05, 4.69) is 0 Å². The molecule has 0 aliphatic carbocycles. The molecule has 2 aromatic carbocycles. The zero-order valence-electron chi connectivity index (χ0n) is 14.8. The SMILES string of the molecule is CCCN(CC1COc2ccccc2O1)S(=O)(=O)c1cccc(Cl)c1C#N. The number of sulfonamides is 1. The number of rotatable bonds is 6. The van der Waals surface area contributed by atoms with Gasteiger partial charge in [0.25, 0.3) is 0 Å². The number of nitriles is 1. The molecule has 0 bridgehead atoms. The largest absolute Gasteiger partial charge is 0.486 e. The summed E-state index contributed by atoms with van der Waals surface area (Å²) in [5.41, 5.74) is -0.0496. The number of nitrogens with zero attached hydrogens (tertiary/aromatic N) is 2. The number of halogens is 1. The van der Waals surface area contributed by atoms with Gasteiger partial charge in [0.2, 0.25) is 10.0 Å². The fourth-order valence-electron chi connectivity index (χ4n) is 2.91. The molecule has 0 saturated carbocycles. The van der Waals surface area contributed by atoms with Gasteiger partial charge >= 0.3 is 0 Å². The first-order chi connectivity index (χ1) is 13.0. The fraction of sp³-hybridized carbons (Fsp3) is 0.316. The van der Waals surface area contributed by atoms with Gasteiger partial charge in [-0.3, -0.25) is 0 Å². The molecule has 0 radical (unpaired) electrons. The van der Waals surface area contributed by atoms with E-state index in [1.165, 1.54) is 22.5 Å². The number of benzene rings is 2. The Kier molecular flexibility index (Phi) is 5.90. The molecule has 1 heterocycles. The molecule has 27 heavy (non-hydrogen) atoms. The second-order valence-electron chi connectivity index (χ2n) is 6.09. The molecule has 0 N–H and O–H groups in total. The fourth-order valence-corrected chi connectivity index (χ4v) is 4.91. The van der Waals surface area contributed by atoms with Crippen molar-refractivity contribution in [3.8, 4) is 17.6 Å². The maximum atomic E-state index is 13.2. The van der Waals surface area contributed by atoms with Crippen LogP contribution in [0, 0.1) is 11.3 Å². The number of para-hydroxylation sites is 2. The van der Waals surface area contributed by atoms with Gasteiger partial charge in [-0.1, -0.05) is 36.7 Å². The molecule has 142 valence electrons. The van der Waals surface area contributed by atoms with Crippen LogP contribution >= 0.6 is 11.6 Å². The molecule has 0 saturated heterocycles. The summed E-state index contributed by atoms with van der Waals surface area (Å²) in [4.78, 5) is -0.0944. The molecule has 8 heteroatoms. The zero-order valence-corrected chi connectivity index (χ0v) is 16.3. The molecule has 3 rings (SSSR count). The molecule has 0 fully saturated rings. The van der Waals surface area contributed by atoms with Gasteiger partial charge in [0.15, 0.2) is 11.5 Å². The molecular weight excluding hydrogens is 388 g/mol. The van der Waals surface area contributed by atoms with Crippen molar-refractivity contribution < 1.29 is 17.9 Å². The topological polar surface area (TPSA) is 79.6 Å². The smallest absolute Gasteiger partial charge is 0.244 e. The van der Waals surface area contributed by atoms with Crippen LogP contribution in [-0.2, 0) is 10.0 Å². The van der Waals surface area contributed by atoms with Crippen LogP contribution in [0.1, 0.15) is 18.9 Å². The normalized spacial score (nSPS) is 16.1. The first-order valence-corrected chi connectivity index (χ1v) is 10.4. The number of fused-ring (bicyclic) bond motifs is 1. The van der Waals surface area contributed by atoms with E-state index < -0.39 is 16.1 Å². The van der Waals surface area contributed by atoms with E-state index in [0.717, 1.165) is 0 Å². The van der Waals surface area contributed by atoms with E-state index in [4.69, 9.17) is 21.1 Å². The van der Waals surface area contributed by atoms with Gasteiger partial charge < -0.3 is 9.47 Å². The molecule has 6 nitrogen and oxygen atoms in total. The molecule has 2 aromatic rings. The minimum Gasteiger partial charge on any atom is -0.486 e. The lowest BCUT2D eigenvalue weighted by Crippen LogP contribution is -2.44. The average molecular weight is 407 g/mol. The van der Waals surface area contributed by atoms with Crippen molar-refractivity contribution in [2.24, 2.45) is 0 Å². The standard InChI is InChI=1S/C19H19ClN2O4S/c1-2-10-22(12-14-13-25-17-7-3-4-8-18(17)26-14)27(23,24)19-9-5-6-16(20)15(19)11-21/h3-9,14H,2,10,12-13H2,1H3. The first-order valence-electron chi connectivity index (χ1n) is 8.54. The number of hydrogen-bond donors (Lipinski definition) is 0. The summed E-state index contributed by atoms with van der Waals surface area (Å²) < 4.78 is 39.3. The Morgan fingerprint density at radius 3 is 2.67 bits per heavy atom. The lowest BCUT2D eigenvalue weighted by molar-refractivity contribution is 0.0764. The van der Waals surface area contributed by atoms with Crippen molar-refractivity contribution in [1.29, 1.82) is 5.26 Å². The third-order valence-electron chi connectivity index (χ3n) is 4.15. The van der Waals surface area contributed by atoms with Crippen molar-refractivity contribution in [3.05, 3.63) is 53.1 Å². The summed E-state index contributed by atoms with van der Waals surface area (Å²) in [6.07, 6.45) is 0.164. The average Bonchev–Trinajstić information content (AvgIpc) is 2.67. The molecular formula is C19H19ClN2O4S. The van der Waals surface area contributed by atoms with Crippen molar-refractivity contribution in [1.82, 2.24) is 4.31 Å². The Labute approximate surface area is 163 Å². The molecule has 0 aromatic heterocycles. The van der Waals surface area contributed by atoms with E-state index in [-0.39, 0.29) is 28.6 Å². The van der Waals surface area contributed by atoms with E-state index in [9.17, 15) is 13.7 Å². The Morgan fingerprint density at radius 1 is 1.22 bits per heavy atom. The molecule has 1 atom stereocenters. The zero-order chi connectivity index (χ0) is 19.4. The Bertz CT molecular complexity index is 972. The summed E-state index contributed by atoms with van der Waals surface area (Å²) in [7, 11) is -3.91. The lowest BCUT2D eigenvalue weighted by Gasteiger charge is -2.31. The van der Waals surface area contributed by atoms with Crippen molar-refractivity contribution in [2.45, 2.75) is 24.3 Å². The number of ether oxygens (including phenoxy) is 2. The van der Waals surface area contributed by atoms with Crippen LogP contribution in [0.3, 0.4) is 0 Å². The molecule has 1 aliphatic rings. The van der Waals surface area contributed by atoms with Gasteiger partial charge in [-0.2, -0.15) is 9.57 Å². The van der Waals surface area contributed by atoms with Gasteiger partial charge in [-0.25, -0.2) is 8.42 Å². The maximum absolute atomic E-state index is 13.2. The van der Waals surface area contributed by atoms with Crippen LogP contribution < -0.4 is 9.47 Å². The van der Waals surface area contributed by atoms with E-state index in [1.54, 1.807) is 12.1 Å². The quantitative estimate of drug-likeness (QED) is 0.734. The second kappa shape index (κ2) is 8.17. The third kappa shape index (κ3) is 4.03. The van der Waals surface area contributed by atoms with Crippen molar-refractivity contribution >= 4 is 21.6 Å². The molecule has 1 aliphatic heterocycles. The minimum atomic E-state index is -3.91. The van der Waals surface area contributed by atoms with Crippen LogP contribution in [0.25, 0.3) is 0 Å². The van der Waals surface area contributed by atoms with Crippen LogP contribution in [-0.4, -0.2) is 38.5 Å². The lowest BCUT2D eigenvalue weighted by atomic mass is 10.2. The van der Waals surface area contributed by atoms with E-state index in [0.29, 0.717) is 24.5 Å². The predicted molar refractivity (Wildman–Crippen MR) is 102 cm³/mol. The summed E-state index contributed by atoms with van der Waals surface area (Å²) in [6.45, 7) is 2.54. The van der Waals surface area contributed by atoms with Gasteiger partial charge in [0.1, 0.15) is 23.7 Å². The summed E-state index contributed by atoms with van der Waals surface area (Å²) in [5, 5.41) is 9.46. The van der Waals surface area contributed by atoms with Crippen molar-refractivity contribution in [2.75, 3.05) is 19.7 Å². The van der Waals surface area contributed by atoms with E-state index >= 15 is 0 Å². The monoisotopic (exact) mass is 406 g/mol. The molecule has 0 amide bonds. The third-order valence-corrected chi connectivity index (χ3v) is 6.38. The highest BCUT2D eigenvalue weighted by molar-refractivity contribution is 7.89. The van der Waals surface area contributed by atoms with Crippen LogP contribution in [0.5, 0.6) is 11.5 Å². The molecule has 0 spiro atoms. The van der Waals surface area contributed by atoms with Gasteiger partial charge in [0, 0.05) is 6.54 Å². The van der Waals surface area contributed by atoms with Gasteiger partial charge in [-0.05, 0) is 30.7 Å². The van der Waals surface area contributed by atoms with Crippen molar-refractivity contribution in [3.63, 3.8) is 0 Å².